The summed E-state index contributed by atoms with van der Waals surface area (Å²) in [5.41, 5.74) is 10.6. The maximum Gasteiger partial charge on any atom is 0.408 e. The first-order valence-electron chi connectivity index (χ1n) is 29.3. The Kier molecular flexibility index (Phi) is 32.9. The summed E-state index contributed by atoms with van der Waals surface area (Å²) in [6.45, 7) is 14.8. The SMILES string of the molecule is C=C(N)NCCC[C@@H](NC(=O)[C@H](CC(C)C)NC(=O)[C@@H](NC(=O)[C@@H](NC(=O)OCc1ccccc1)[C@H](NC(=O)OC(C)(C)C)c1ccccc1)[C@H](O)C(C)C)C(=O)N[C@H](C(=O)N[C@@H](CO)C(=O)NCC(=O)N[C@H](C(=O)N[C@@H](CO)C(=O)O)[C@H](O)C(N)=O)[C@@H](C)CC. The van der Waals surface area contributed by atoms with Crippen LogP contribution in [0.3, 0.4) is 0 Å². The van der Waals surface area contributed by atoms with E-state index in [9.17, 15) is 83.1 Å². The Balaban J connectivity index is 2.53. The number of carboxylic acid groups (broad SMARTS) is 1. The first-order chi connectivity index (χ1) is 42.6. The average Bonchev–Trinajstić information content (AvgIpc) is 2.02. The number of alkyl carbamates (subject to hydrolysis) is 2. The number of aliphatic carboxylic acids is 1. The standard InChI is InChI=1S/C59H91N13O19/c1-11-32(6)41(52(82)66-38(27-73)49(79)63-26-40(75)68-45(47(77)48(61)78)55(85)67-39(28-74)56(86)87)69-50(80)36(23-18-24-62-33(7)60)64-51(81)37(25-30(2)3)65-54(84)44(46(76)31(4)5)70-53(83)43(72-57(88)90-29-34-19-14-12-15-20-34)42(35-21-16-13-17-22-35)71-58(89)91-59(8,9)10/h12-17,19-22,30-32,36-39,41-47,62,73-74,76-77H,7,11,18,23-29,60H2,1-6,8-10H3,(H2,61,78)(H,63,79)(H,64,81)(H,65,84)(H,66,82)(H,67,85)(H,68,75)(H,69,80)(H,70,83)(H,71,89)(H,72,88)(H,86,87)/t32-,36+,37-,38-,39-,41-,42+,43-,44-,45-,46+,47-/m0/s1. The monoisotopic (exact) mass is 1290 g/mol. The predicted octanol–water partition coefficient (Wildman–Crippen LogP) is -3.12. The number of nitrogens with one attached hydrogen (secondary N) is 11. The Morgan fingerprint density at radius 2 is 1.10 bits per heavy atom. The minimum Gasteiger partial charge on any atom is -0.480 e. The number of hydrogen-bond acceptors (Lipinski definition) is 20. The number of aliphatic hydroxyl groups is 4. The number of rotatable bonds is 38. The minimum atomic E-state index is -2.43. The summed E-state index contributed by atoms with van der Waals surface area (Å²) in [4.78, 5) is 162. The van der Waals surface area contributed by atoms with Gasteiger partial charge < -0.3 is 105 Å². The normalized spacial score (nSPS) is 15.2. The van der Waals surface area contributed by atoms with Crippen LogP contribution in [0.2, 0.25) is 0 Å². The van der Waals surface area contributed by atoms with Crippen LogP contribution in [-0.2, 0) is 64.0 Å². The van der Waals surface area contributed by atoms with Gasteiger partial charge in [-0.15, -0.1) is 0 Å². The van der Waals surface area contributed by atoms with Crippen molar-refractivity contribution in [3.8, 4) is 0 Å². The molecule has 32 nitrogen and oxygen atoms in total. The van der Waals surface area contributed by atoms with E-state index < -0.39 is 175 Å². The third kappa shape index (κ3) is 27.6. The van der Waals surface area contributed by atoms with Crippen LogP contribution in [0.5, 0.6) is 0 Å². The molecule has 2 rings (SSSR count). The van der Waals surface area contributed by atoms with Gasteiger partial charge in [0.25, 0.3) is 0 Å². The summed E-state index contributed by atoms with van der Waals surface area (Å²) in [5, 5.41) is 77.0. The average molecular weight is 1290 g/mol. The van der Waals surface area contributed by atoms with E-state index in [1.54, 1.807) is 128 Å². The second kappa shape index (κ2) is 38.4. The van der Waals surface area contributed by atoms with E-state index in [1.807, 2.05) is 5.32 Å². The second-order valence-electron chi connectivity index (χ2n) is 23.1. The van der Waals surface area contributed by atoms with E-state index in [0.29, 0.717) is 5.56 Å². The van der Waals surface area contributed by atoms with Gasteiger partial charge in [-0.1, -0.05) is 115 Å². The summed E-state index contributed by atoms with van der Waals surface area (Å²) in [7, 11) is 0. The number of benzene rings is 2. The van der Waals surface area contributed by atoms with E-state index >= 15 is 0 Å². The third-order valence-electron chi connectivity index (χ3n) is 13.6. The molecule has 12 atom stereocenters. The molecule has 2 aromatic rings. The largest absolute Gasteiger partial charge is 0.480 e. The maximum absolute atomic E-state index is 14.8. The Hall–Kier alpha value is -9.14. The van der Waals surface area contributed by atoms with Crippen LogP contribution in [0.1, 0.15) is 105 Å². The van der Waals surface area contributed by atoms with Gasteiger partial charge in [-0.3, -0.25) is 43.2 Å². The molecule has 11 amide bonds. The van der Waals surface area contributed by atoms with E-state index in [4.69, 9.17) is 20.9 Å². The summed E-state index contributed by atoms with van der Waals surface area (Å²) in [5.74, 6) is -14.1. The summed E-state index contributed by atoms with van der Waals surface area (Å²) >= 11 is 0. The van der Waals surface area contributed by atoms with E-state index in [2.05, 4.69) is 54.4 Å². The molecule has 0 unspecified atom stereocenters. The predicted molar refractivity (Wildman–Crippen MR) is 326 cm³/mol. The van der Waals surface area contributed by atoms with Crippen LogP contribution in [0.15, 0.2) is 73.1 Å². The van der Waals surface area contributed by atoms with Gasteiger partial charge in [0.2, 0.25) is 53.2 Å². The van der Waals surface area contributed by atoms with Crippen LogP contribution < -0.4 is 70.0 Å². The van der Waals surface area contributed by atoms with Gasteiger partial charge in [0, 0.05) is 6.54 Å². The number of primary amides is 1. The molecule has 0 spiro atoms. The lowest BCUT2D eigenvalue weighted by Gasteiger charge is -2.33. The maximum atomic E-state index is 14.8. The highest BCUT2D eigenvalue weighted by Gasteiger charge is 2.41. The first kappa shape index (κ1) is 78.0. The van der Waals surface area contributed by atoms with Gasteiger partial charge in [0.05, 0.1) is 37.7 Å². The van der Waals surface area contributed by atoms with E-state index in [0.717, 1.165) is 0 Å². The van der Waals surface area contributed by atoms with Crippen molar-refractivity contribution in [2.24, 2.45) is 29.2 Å². The van der Waals surface area contributed by atoms with E-state index in [1.165, 1.54) is 0 Å². The van der Waals surface area contributed by atoms with Crippen molar-refractivity contribution < 1.29 is 92.5 Å². The molecule has 20 N–H and O–H groups in total. The number of aliphatic hydroxyl groups excluding tert-OH is 4. The first-order valence-corrected chi connectivity index (χ1v) is 29.3. The van der Waals surface area contributed by atoms with Crippen LogP contribution in [0.25, 0.3) is 0 Å². The zero-order valence-electron chi connectivity index (χ0n) is 52.5. The Labute approximate surface area is 527 Å². The zero-order valence-corrected chi connectivity index (χ0v) is 52.5. The lowest BCUT2D eigenvalue weighted by molar-refractivity contribution is -0.145. The lowest BCUT2D eigenvalue weighted by atomic mass is 9.95. The van der Waals surface area contributed by atoms with E-state index in [-0.39, 0.29) is 56.1 Å². The van der Waals surface area contributed by atoms with Gasteiger partial charge >= 0.3 is 18.2 Å². The molecule has 506 valence electrons. The van der Waals surface area contributed by atoms with Crippen molar-refractivity contribution in [3.63, 3.8) is 0 Å². The molecule has 91 heavy (non-hydrogen) atoms. The number of hydrogen-bond donors (Lipinski definition) is 18. The molecular weight excluding hydrogens is 1190 g/mol. The number of amides is 11. The molecule has 2 aromatic carbocycles. The fraction of sp³-hybridized carbons (Fsp3) is 0.559. The fourth-order valence-corrected chi connectivity index (χ4v) is 8.47. The van der Waals surface area contributed by atoms with Crippen LogP contribution in [0.4, 0.5) is 9.59 Å². The van der Waals surface area contributed by atoms with Crippen LogP contribution in [0, 0.1) is 17.8 Å². The molecule has 32 heteroatoms. The lowest BCUT2D eigenvalue weighted by Crippen LogP contribution is -2.63. The molecular formula is C59H91N13O19. The number of carbonyl (C=O) groups excluding carboxylic acids is 11. The molecule has 0 saturated carbocycles. The molecule has 0 aliphatic rings. The van der Waals surface area contributed by atoms with Gasteiger partial charge in [-0.05, 0) is 68.9 Å². The van der Waals surface area contributed by atoms with Crippen molar-refractivity contribution in [2.75, 3.05) is 26.3 Å². The minimum absolute atomic E-state index is 0.0787. The highest BCUT2D eigenvalue weighted by Crippen LogP contribution is 2.21. The number of nitrogens with two attached hydrogens (primary N) is 2. The van der Waals surface area contributed by atoms with Crippen LogP contribution >= 0.6 is 0 Å². The number of carbonyl (C=O) groups is 12. The van der Waals surface area contributed by atoms with Crippen molar-refractivity contribution in [2.45, 2.75) is 167 Å². The summed E-state index contributed by atoms with van der Waals surface area (Å²) in [6.07, 6.45) is -6.11. The molecule has 0 saturated heterocycles. The van der Waals surface area contributed by atoms with Crippen molar-refractivity contribution in [1.29, 1.82) is 0 Å². The molecule has 0 fully saturated rings. The van der Waals surface area contributed by atoms with Crippen LogP contribution in [-0.4, -0.2) is 189 Å². The Bertz CT molecular complexity index is 2790. The highest BCUT2D eigenvalue weighted by atomic mass is 16.6. The molecule has 0 heterocycles. The smallest absolute Gasteiger partial charge is 0.408 e. The molecule has 0 radical (unpaired) electrons. The van der Waals surface area contributed by atoms with Gasteiger partial charge in [0.1, 0.15) is 60.5 Å². The molecule has 0 bridgehead atoms. The highest BCUT2D eigenvalue weighted by molar-refractivity contribution is 5.99. The topological polar surface area (TPSA) is 509 Å². The quantitative estimate of drug-likeness (QED) is 0.0296. The number of ether oxygens (including phenoxy) is 2. The number of carboxylic acids is 1. The van der Waals surface area contributed by atoms with Crippen molar-refractivity contribution >= 4 is 71.3 Å². The van der Waals surface area contributed by atoms with Crippen molar-refractivity contribution in [1.82, 2.24) is 58.5 Å². The Morgan fingerprint density at radius 3 is 1.63 bits per heavy atom. The summed E-state index contributed by atoms with van der Waals surface area (Å²) in [6, 6.07) is 1.05. The zero-order chi connectivity index (χ0) is 68.9. The van der Waals surface area contributed by atoms with Gasteiger partial charge in [-0.25, -0.2) is 14.4 Å². The Morgan fingerprint density at radius 1 is 0.582 bits per heavy atom. The van der Waals surface area contributed by atoms with Crippen molar-refractivity contribution in [3.05, 3.63) is 84.2 Å². The molecule has 0 aliphatic heterocycles. The summed E-state index contributed by atoms with van der Waals surface area (Å²) < 4.78 is 11.0. The molecule has 0 aromatic heterocycles. The molecule has 0 aliphatic carbocycles. The van der Waals surface area contributed by atoms with Gasteiger partial charge in [0.15, 0.2) is 6.10 Å². The fourth-order valence-electron chi connectivity index (χ4n) is 8.47. The third-order valence-corrected chi connectivity index (χ3v) is 13.6. The van der Waals surface area contributed by atoms with Gasteiger partial charge in [-0.2, -0.15) is 0 Å². The second-order valence-corrected chi connectivity index (χ2v) is 23.1.